The topological polar surface area (TPSA) is 51.7 Å². The summed E-state index contributed by atoms with van der Waals surface area (Å²) in [5, 5.41) is 0. The summed E-state index contributed by atoms with van der Waals surface area (Å²) >= 11 is 0. The Bertz CT molecular complexity index is 748. The number of carbonyl (C=O) groups is 1. The van der Waals surface area contributed by atoms with Gasteiger partial charge in [-0.25, -0.2) is 0 Å². The van der Waals surface area contributed by atoms with E-state index in [1.807, 2.05) is 24.5 Å². The number of carbonyl (C=O) groups excluding carboxylic acids is 1. The van der Waals surface area contributed by atoms with Crippen LogP contribution in [0.3, 0.4) is 0 Å². The number of benzene rings is 1. The summed E-state index contributed by atoms with van der Waals surface area (Å²) in [6, 6.07) is 9.98. The van der Waals surface area contributed by atoms with E-state index in [0.717, 1.165) is 19.5 Å². The maximum Gasteiger partial charge on any atom is 0.161 e. The van der Waals surface area contributed by atoms with Crippen LogP contribution >= 0.6 is 0 Å². The summed E-state index contributed by atoms with van der Waals surface area (Å²) in [5.41, 5.74) is 1.94. The molecule has 1 aromatic heterocycles. The Morgan fingerprint density at radius 1 is 1.26 bits per heavy atom. The Balaban J connectivity index is 1.54. The maximum atomic E-state index is 11.5. The van der Waals surface area contributed by atoms with E-state index in [1.54, 1.807) is 26.2 Å². The first-order valence-corrected chi connectivity index (χ1v) is 9.65. The minimum atomic E-state index is 0.0198. The second kappa shape index (κ2) is 9.51. The molecular weight excluding hydrogens is 340 g/mol. The molecule has 5 nitrogen and oxygen atoms in total. The van der Waals surface area contributed by atoms with E-state index in [2.05, 4.69) is 16.0 Å². The molecule has 0 spiro atoms. The molecule has 2 aromatic rings. The van der Waals surface area contributed by atoms with Crippen LogP contribution in [-0.4, -0.2) is 42.5 Å². The van der Waals surface area contributed by atoms with Crippen molar-refractivity contribution in [2.75, 3.05) is 26.8 Å². The van der Waals surface area contributed by atoms with Gasteiger partial charge in [0.25, 0.3) is 0 Å². The number of nitrogens with zero attached hydrogens (tertiary/aromatic N) is 2. The molecule has 1 fully saturated rings. The largest absolute Gasteiger partial charge is 0.493 e. The van der Waals surface area contributed by atoms with Gasteiger partial charge < -0.3 is 9.47 Å². The fourth-order valence-corrected chi connectivity index (χ4v) is 3.66. The smallest absolute Gasteiger partial charge is 0.161 e. The molecule has 1 aliphatic heterocycles. The van der Waals surface area contributed by atoms with Crippen LogP contribution in [0, 0.1) is 0 Å². The normalized spacial score (nSPS) is 17.5. The third-order valence-electron chi connectivity index (χ3n) is 5.10. The number of ketones is 1. The summed E-state index contributed by atoms with van der Waals surface area (Å²) in [5.74, 6) is 1.31. The Hall–Kier alpha value is -2.40. The molecule has 0 unspecified atom stereocenters. The second-order valence-electron chi connectivity index (χ2n) is 6.96. The van der Waals surface area contributed by atoms with E-state index in [4.69, 9.17) is 9.47 Å². The van der Waals surface area contributed by atoms with E-state index >= 15 is 0 Å². The SMILES string of the molecule is COc1cc(C(C)=O)ccc1OCCCN1CCCC[C@@H]1c1cccnc1. The van der Waals surface area contributed by atoms with Crippen LogP contribution in [0.15, 0.2) is 42.7 Å². The summed E-state index contributed by atoms with van der Waals surface area (Å²) in [6.45, 7) is 4.28. The molecule has 0 radical (unpaired) electrons. The van der Waals surface area contributed by atoms with Gasteiger partial charge in [0, 0.05) is 30.5 Å². The minimum Gasteiger partial charge on any atom is -0.493 e. The first kappa shape index (κ1) is 19.4. The lowest BCUT2D eigenvalue weighted by atomic mass is 9.96. The summed E-state index contributed by atoms with van der Waals surface area (Å²) in [7, 11) is 1.60. The van der Waals surface area contributed by atoms with Crippen molar-refractivity contribution in [2.45, 2.75) is 38.6 Å². The Morgan fingerprint density at radius 2 is 2.15 bits per heavy atom. The maximum absolute atomic E-state index is 11.5. The van der Waals surface area contributed by atoms with Gasteiger partial charge in [0.05, 0.1) is 13.7 Å². The first-order chi connectivity index (χ1) is 13.2. The quantitative estimate of drug-likeness (QED) is 0.514. The zero-order valence-corrected chi connectivity index (χ0v) is 16.2. The molecule has 1 aromatic carbocycles. The Labute approximate surface area is 161 Å². The molecule has 0 N–H and O–H groups in total. The molecule has 144 valence electrons. The number of piperidine rings is 1. The predicted molar refractivity (Wildman–Crippen MR) is 106 cm³/mol. The van der Waals surface area contributed by atoms with E-state index in [0.29, 0.717) is 29.7 Å². The highest BCUT2D eigenvalue weighted by Crippen LogP contribution is 2.31. The van der Waals surface area contributed by atoms with Crippen molar-refractivity contribution in [1.82, 2.24) is 9.88 Å². The molecule has 0 saturated carbocycles. The standard InChI is InChI=1S/C22H28N2O3/c1-17(25)18-9-10-21(22(15-18)26-2)27-14-6-13-24-12-4-3-8-20(24)19-7-5-11-23-16-19/h5,7,9-11,15-16,20H,3-4,6,8,12-14H2,1-2H3/t20-/m1/s1. The van der Waals surface area contributed by atoms with Crippen molar-refractivity contribution >= 4 is 5.78 Å². The monoisotopic (exact) mass is 368 g/mol. The Kier molecular flexibility index (Phi) is 6.82. The molecule has 0 aliphatic carbocycles. The highest BCUT2D eigenvalue weighted by molar-refractivity contribution is 5.94. The molecule has 3 rings (SSSR count). The number of methoxy groups -OCH3 is 1. The van der Waals surface area contributed by atoms with Gasteiger partial charge in [-0.05, 0) is 62.6 Å². The fourth-order valence-electron chi connectivity index (χ4n) is 3.66. The summed E-state index contributed by atoms with van der Waals surface area (Å²) in [6.07, 6.45) is 8.46. The number of pyridine rings is 1. The third-order valence-corrected chi connectivity index (χ3v) is 5.10. The van der Waals surface area contributed by atoms with Gasteiger partial charge in [-0.2, -0.15) is 0 Å². The van der Waals surface area contributed by atoms with Crippen molar-refractivity contribution in [3.63, 3.8) is 0 Å². The van der Waals surface area contributed by atoms with E-state index in [1.165, 1.54) is 24.8 Å². The van der Waals surface area contributed by atoms with Crippen LogP contribution in [0.25, 0.3) is 0 Å². The Morgan fingerprint density at radius 3 is 2.89 bits per heavy atom. The molecular formula is C22H28N2O3. The van der Waals surface area contributed by atoms with Gasteiger partial charge in [0.1, 0.15) is 0 Å². The minimum absolute atomic E-state index is 0.0198. The average molecular weight is 368 g/mol. The van der Waals surface area contributed by atoms with E-state index < -0.39 is 0 Å². The summed E-state index contributed by atoms with van der Waals surface area (Å²) < 4.78 is 11.3. The van der Waals surface area contributed by atoms with Crippen LogP contribution in [0.5, 0.6) is 11.5 Å². The first-order valence-electron chi connectivity index (χ1n) is 9.65. The molecule has 0 amide bonds. The lowest BCUT2D eigenvalue weighted by Crippen LogP contribution is -2.34. The van der Waals surface area contributed by atoms with Crippen molar-refractivity contribution < 1.29 is 14.3 Å². The van der Waals surface area contributed by atoms with Crippen molar-refractivity contribution in [3.8, 4) is 11.5 Å². The number of likely N-dealkylation sites (tertiary alicyclic amines) is 1. The molecule has 0 bridgehead atoms. The number of Topliss-reactive ketones (excluding diaryl/α,β-unsaturated/α-hetero) is 1. The van der Waals surface area contributed by atoms with Crippen LogP contribution in [0.1, 0.15) is 54.6 Å². The summed E-state index contributed by atoms with van der Waals surface area (Å²) in [4.78, 5) is 18.3. The second-order valence-corrected chi connectivity index (χ2v) is 6.96. The highest BCUT2D eigenvalue weighted by Gasteiger charge is 2.23. The van der Waals surface area contributed by atoms with Gasteiger partial charge in [-0.3, -0.25) is 14.7 Å². The van der Waals surface area contributed by atoms with Gasteiger partial charge in [-0.15, -0.1) is 0 Å². The van der Waals surface area contributed by atoms with Crippen molar-refractivity contribution in [2.24, 2.45) is 0 Å². The number of ether oxygens (including phenoxy) is 2. The number of rotatable bonds is 8. The molecule has 1 aliphatic rings. The van der Waals surface area contributed by atoms with E-state index in [-0.39, 0.29) is 5.78 Å². The van der Waals surface area contributed by atoms with Gasteiger partial charge in [-0.1, -0.05) is 12.5 Å². The van der Waals surface area contributed by atoms with Gasteiger partial charge in [0.2, 0.25) is 0 Å². The van der Waals surface area contributed by atoms with Gasteiger partial charge >= 0.3 is 0 Å². The van der Waals surface area contributed by atoms with Crippen molar-refractivity contribution in [1.29, 1.82) is 0 Å². The fraction of sp³-hybridized carbons (Fsp3) is 0.455. The van der Waals surface area contributed by atoms with Crippen LogP contribution in [-0.2, 0) is 0 Å². The third kappa shape index (κ3) is 5.07. The lowest BCUT2D eigenvalue weighted by molar-refractivity contribution is 0.101. The molecule has 1 atom stereocenters. The van der Waals surface area contributed by atoms with E-state index in [9.17, 15) is 4.79 Å². The highest BCUT2D eigenvalue weighted by atomic mass is 16.5. The molecule has 27 heavy (non-hydrogen) atoms. The zero-order valence-electron chi connectivity index (χ0n) is 16.2. The number of hydrogen-bond acceptors (Lipinski definition) is 5. The zero-order chi connectivity index (χ0) is 19.1. The van der Waals surface area contributed by atoms with Crippen LogP contribution in [0.4, 0.5) is 0 Å². The lowest BCUT2D eigenvalue weighted by Gasteiger charge is -2.35. The average Bonchev–Trinajstić information content (AvgIpc) is 2.72. The molecule has 2 heterocycles. The van der Waals surface area contributed by atoms with Gasteiger partial charge in [0.15, 0.2) is 17.3 Å². The van der Waals surface area contributed by atoms with Crippen molar-refractivity contribution in [3.05, 3.63) is 53.9 Å². The predicted octanol–water partition coefficient (Wildman–Crippen LogP) is 4.29. The molecule has 1 saturated heterocycles. The molecule has 5 heteroatoms. The van der Waals surface area contributed by atoms with Crippen LogP contribution in [0.2, 0.25) is 0 Å². The number of hydrogen-bond donors (Lipinski definition) is 0. The number of aromatic nitrogens is 1. The van der Waals surface area contributed by atoms with Crippen LogP contribution < -0.4 is 9.47 Å².